The van der Waals surface area contributed by atoms with Gasteiger partial charge in [0.2, 0.25) is 0 Å². The van der Waals surface area contributed by atoms with Gasteiger partial charge in [-0.05, 0) is 54.5 Å². The number of nitrogens with zero attached hydrogens (tertiary/aromatic N) is 1. The molecule has 1 saturated carbocycles. The highest BCUT2D eigenvalue weighted by Crippen LogP contribution is 2.45. The second-order valence-corrected chi connectivity index (χ2v) is 7.72. The van der Waals surface area contributed by atoms with Crippen LogP contribution in [0.25, 0.3) is 0 Å². The van der Waals surface area contributed by atoms with E-state index in [4.69, 9.17) is 23.2 Å². The van der Waals surface area contributed by atoms with Crippen molar-refractivity contribution in [2.24, 2.45) is 0 Å². The van der Waals surface area contributed by atoms with Crippen LogP contribution in [0.15, 0.2) is 30.3 Å². The number of halogens is 2. The molecule has 124 valence electrons. The predicted molar refractivity (Wildman–Crippen MR) is 100.0 cm³/mol. The van der Waals surface area contributed by atoms with Crippen molar-refractivity contribution in [2.45, 2.75) is 31.6 Å². The molecule has 1 aliphatic heterocycles. The predicted octanol–water partition coefficient (Wildman–Crippen LogP) is 5.60. The average Bonchev–Trinajstić information content (AvgIpc) is 3.33. The minimum absolute atomic E-state index is 0.467. The van der Waals surface area contributed by atoms with Crippen molar-refractivity contribution in [3.8, 4) is 0 Å². The van der Waals surface area contributed by atoms with E-state index in [0.717, 1.165) is 36.2 Å². The number of aryl methyl sites for hydroxylation is 1. The summed E-state index contributed by atoms with van der Waals surface area (Å²) in [7, 11) is 0. The summed E-state index contributed by atoms with van der Waals surface area (Å²) < 4.78 is 0. The first-order chi connectivity index (χ1) is 11.6. The first kappa shape index (κ1) is 16.0. The second-order valence-electron chi connectivity index (χ2n) is 6.91. The van der Waals surface area contributed by atoms with Crippen LogP contribution in [0.3, 0.4) is 0 Å². The highest BCUT2D eigenvalue weighted by molar-refractivity contribution is 6.39. The fourth-order valence-electron chi connectivity index (χ4n) is 3.65. The van der Waals surface area contributed by atoms with Crippen LogP contribution < -0.4 is 4.90 Å². The van der Waals surface area contributed by atoms with Crippen molar-refractivity contribution in [2.75, 3.05) is 18.0 Å². The summed E-state index contributed by atoms with van der Waals surface area (Å²) in [6.07, 6.45) is 3.43. The topological polar surface area (TPSA) is 20.3 Å². The molecule has 1 aliphatic carbocycles. The Hall–Kier alpha value is -1.51. The van der Waals surface area contributed by atoms with Gasteiger partial charge in [-0.1, -0.05) is 41.4 Å². The maximum Gasteiger partial charge on any atom is 0.150 e. The highest BCUT2D eigenvalue weighted by Gasteiger charge is 2.33. The number of rotatable bonds is 4. The smallest absolute Gasteiger partial charge is 0.150 e. The molecule has 0 amide bonds. The Balaban J connectivity index is 1.58. The summed E-state index contributed by atoms with van der Waals surface area (Å²) in [5.74, 6) is 1.05. The van der Waals surface area contributed by atoms with E-state index in [-0.39, 0.29) is 0 Å². The molecule has 2 aromatic carbocycles. The summed E-state index contributed by atoms with van der Waals surface area (Å²) in [5.41, 5.74) is 5.50. The molecule has 1 heterocycles. The average molecular weight is 360 g/mol. The van der Waals surface area contributed by atoms with Gasteiger partial charge in [0.15, 0.2) is 6.29 Å². The highest BCUT2D eigenvalue weighted by atomic mass is 35.5. The van der Waals surface area contributed by atoms with Crippen LogP contribution >= 0.6 is 23.2 Å². The van der Waals surface area contributed by atoms with E-state index in [1.165, 1.54) is 24.0 Å². The molecule has 0 spiro atoms. The number of hydrogen-bond donors (Lipinski definition) is 0. The van der Waals surface area contributed by atoms with Crippen molar-refractivity contribution < 1.29 is 4.79 Å². The number of anilines is 1. The van der Waals surface area contributed by atoms with Crippen LogP contribution in [0.4, 0.5) is 5.69 Å². The van der Waals surface area contributed by atoms with Gasteiger partial charge < -0.3 is 4.90 Å². The Morgan fingerprint density at radius 1 is 1.08 bits per heavy atom. The zero-order valence-electron chi connectivity index (χ0n) is 13.6. The molecule has 0 aromatic heterocycles. The Bertz CT molecular complexity index is 787. The van der Waals surface area contributed by atoms with Gasteiger partial charge >= 0.3 is 0 Å². The van der Waals surface area contributed by atoms with E-state index in [2.05, 4.69) is 17.0 Å². The van der Waals surface area contributed by atoms with E-state index < -0.39 is 0 Å². The lowest BCUT2D eigenvalue weighted by Gasteiger charge is -2.42. The van der Waals surface area contributed by atoms with Gasteiger partial charge in [0.1, 0.15) is 0 Å². The normalized spacial score (nSPS) is 17.7. The molecule has 2 nitrogen and oxygen atoms in total. The van der Waals surface area contributed by atoms with Gasteiger partial charge in [0.25, 0.3) is 0 Å². The third-order valence-corrected chi connectivity index (χ3v) is 5.79. The Kier molecular flexibility index (Phi) is 4.06. The number of para-hydroxylation sites is 1. The molecular formula is C20H19Cl2NO. The second kappa shape index (κ2) is 6.09. The minimum Gasteiger partial charge on any atom is -0.368 e. The Morgan fingerprint density at radius 3 is 2.33 bits per heavy atom. The molecule has 0 bridgehead atoms. The molecule has 1 saturated heterocycles. The van der Waals surface area contributed by atoms with Crippen LogP contribution in [-0.2, 0) is 0 Å². The number of benzene rings is 2. The molecular weight excluding hydrogens is 341 g/mol. The van der Waals surface area contributed by atoms with Gasteiger partial charge in [-0.2, -0.15) is 0 Å². The van der Waals surface area contributed by atoms with E-state index >= 15 is 0 Å². The van der Waals surface area contributed by atoms with Crippen molar-refractivity contribution in [3.63, 3.8) is 0 Å². The first-order valence-corrected chi connectivity index (χ1v) is 9.12. The zero-order valence-corrected chi connectivity index (χ0v) is 15.1. The molecule has 0 radical (unpaired) electrons. The lowest BCUT2D eigenvalue weighted by atomic mass is 9.86. The Labute approximate surface area is 152 Å². The first-order valence-electron chi connectivity index (χ1n) is 8.37. The summed E-state index contributed by atoms with van der Waals surface area (Å²) >= 11 is 12.6. The molecule has 2 aliphatic rings. The largest absolute Gasteiger partial charge is 0.368 e. The molecule has 4 rings (SSSR count). The van der Waals surface area contributed by atoms with Crippen molar-refractivity contribution in [3.05, 3.63) is 62.6 Å². The maximum atomic E-state index is 11.4. The van der Waals surface area contributed by atoms with E-state index in [1.807, 2.05) is 25.1 Å². The van der Waals surface area contributed by atoms with Gasteiger partial charge in [-0.25, -0.2) is 0 Å². The number of carbonyl (C=O) groups is 1. The van der Waals surface area contributed by atoms with Crippen LogP contribution in [0, 0.1) is 6.92 Å². The van der Waals surface area contributed by atoms with E-state index in [1.54, 1.807) is 0 Å². The van der Waals surface area contributed by atoms with Gasteiger partial charge in [0, 0.05) is 24.6 Å². The Morgan fingerprint density at radius 2 is 1.75 bits per heavy atom. The molecule has 0 atom stereocenters. The fraction of sp³-hybridized carbons (Fsp3) is 0.350. The van der Waals surface area contributed by atoms with E-state index in [0.29, 0.717) is 21.9 Å². The summed E-state index contributed by atoms with van der Waals surface area (Å²) in [4.78, 5) is 13.7. The van der Waals surface area contributed by atoms with Crippen LogP contribution in [0.1, 0.15) is 51.7 Å². The minimum atomic E-state index is 0.467. The van der Waals surface area contributed by atoms with Crippen LogP contribution in [0.2, 0.25) is 10.0 Å². The zero-order chi connectivity index (χ0) is 16.8. The van der Waals surface area contributed by atoms with Crippen molar-refractivity contribution in [1.82, 2.24) is 0 Å². The molecule has 0 N–H and O–H groups in total. The third-order valence-electron chi connectivity index (χ3n) is 5.18. The summed E-state index contributed by atoms with van der Waals surface area (Å²) in [6, 6.07) is 10.1. The molecule has 24 heavy (non-hydrogen) atoms. The van der Waals surface area contributed by atoms with Gasteiger partial charge in [0.05, 0.1) is 15.7 Å². The monoisotopic (exact) mass is 359 g/mol. The summed E-state index contributed by atoms with van der Waals surface area (Å²) in [6.45, 7) is 3.86. The molecule has 2 fully saturated rings. The standard InChI is InChI=1S/C20H19Cl2NO/c1-12-7-14(8-16(13-5-6-13)17(12)11-24)15-9-23(10-15)20-18(21)3-2-4-19(20)22/h2-4,7-8,11,13,15H,5-6,9-10H2,1H3. The van der Waals surface area contributed by atoms with Gasteiger partial charge in [-0.15, -0.1) is 0 Å². The number of aldehydes is 1. The van der Waals surface area contributed by atoms with Crippen LogP contribution in [-0.4, -0.2) is 19.4 Å². The van der Waals surface area contributed by atoms with Gasteiger partial charge in [-0.3, -0.25) is 4.79 Å². The number of carbonyl (C=O) groups excluding carboxylic acids is 1. The van der Waals surface area contributed by atoms with Crippen molar-refractivity contribution in [1.29, 1.82) is 0 Å². The van der Waals surface area contributed by atoms with Crippen molar-refractivity contribution >= 4 is 35.2 Å². The lowest BCUT2D eigenvalue weighted by molar-refractivity contribution is 0.112. The molecule has 2 aromatic rings. The lowest BCUT2D eigenvalue weighted by Crippen LogP contribution is -2.45. The SMILES string of the molecule is Cc1cc(C2CN(c3c(Cl)cccc3Cl)C2)cc(C2CC2)c1C=O. The maximum absolute atomic E-state index is 11.4. The van der Waals surface area contributed by atoms with E-state index in [9.17, 15) is 4.79 Å². The van der Waals surface area contributed by atoms with Crippen LogP contribution in [0.5, 0.6) is 0 Å². The fourth-order valence-corrected chi connectivity index (χ4v) is 4.28. The molecule has 0 unspecified atom stereocenters. The summed E-state index contributed by atoms with van der Waals surface area (Å²) in [5, 5.41) is 1.40. The third kappa shape index (κ3) is 2.72. The molecule has 4 heteroatoms. The quantitative estimate of drug-likeness (QED) is 0.662. The number of hydrogen-bond acceptors (Lipinski definition) is 2.